The van der Waals surface area contributed by atoms with E-state index in [9.17, 15) is 22.8 Å². The zero-order chi connectivity index (χ0) is 19.7. The Hall–Kier alpha value is -2.35. The number of carbonyl (C=O) groups is 2. The third-order valence-corrected chi connectivity index (χ3v) is 5.69. The maximum absolute atomic E-state index is 13.6. The molecule has 2 atom stereocenters. The maximum Gasteiger partial charge on any atom is 0.349 e. The lowest BCUT2D eigenvalue weighted by Gasteiger charge is -2.16. The Balaban J connectivity index is 1.65. The molecular weight excluding hydrogens is 379 g/mol. The molecule has 4 nitrogen and oxygen atoms in total. The molecule has 27 heavy (non-hydrogen) atoms. The number of benzene rings is 1. The summed E-state index contributed by atoms with van der Waals surface area (Å²) in [5, 5.41) is 2.10. The van der Waals surface area contributed by atoms with Crippen molar-refractivity contribution in [3.05, 3.63) is 51.0 Å². The molecule has 0 aliphatic heterocycles. The van der Waals surface area contributed by atoms with E-state index in [0.717, 1.165) is 35.8 Å². The van der Waals surface area contributed by atoms with Gasteiger partial charge in [-0.3, -0.25) is 4.79 Å². The zero-order valence-electron chi connectivity index (χ0n) is 14.8. The third kappa shape index (κ3) is 4.16. The quantitative estimate of drug-likeness (QED) is 0.612. The van der Waals surface area contributed by atoms with Crippen molar-refractivity contribution >= 4 is 28.9 Å². The molecule has 0 radical (unpaired) electrons. The molecule has 1 amide bonds. The van der Waals surface area contributed by atoms with Crippen LogP contribution in [0.25, 0.3) is 0 Å². The van der Waals surface area contributed by atoms with Crippen LogP contribution in [0.2, 0.25) is 0 Å². The normalized spacial score (nSPS) is 17.1. The van der Waals surface area contributed by atoms with Gasteiger partial charge in [0.15, 0.2) is 23.6 Å². The molecule has 0 bridgehead atoms. The highest BCUT2D eigenvalue weighted by Crippen LogP contribution is 2.32. The van der Waals surface area contributed by atoms with E-state index < -0.39 is 41.1 Å². The summed E-state index contributed by atoms with van der Waals surface area (Å²) in [5.74, 6) is -5.48. The Morgan fingerprint density at radius 2 is 2.00 bits per heavy atom. The lowest BCUT2D eigenvalue weighted by molar-refractivity contribution is -0.123. The van der Waals surface area contributed by atoms with Crippen molar-refractivity contribution in [3.8, 4) is 0 Å². The van der Waals surface area contributed by atoms with Gasteiger partial charge in [-0.25, -0.2) is 18.0 Å². The highest BCUT2D eigenvalue weighted by atomic mass is 32.1. The Morgan fingerprint density at radius 1 is 1.26 bits per heavy atom. The lowest BCUT2D eigenvalue weighted by Crippen LogP contribution is -2.30. The highest BCUT2D eigenvalue weighted by molar-refractivity contribution is 7.14. The highest BCUT2D eigenvalue weighted by Gasteiger charge is 2.25. The van der Waals surface area contributed by atoms with Gasteiger partial charge in [-0.1, -0.05) is 6.92 Å². The number of anilines is 1. The summed E-state index contributed by atoms with van der Waals surface area (Å²) in [6, 6.07) is 3.38. The number of aryl methyl sites for hydroxylation is 1. The molecule has 1 aromatic carbocycles. The van der Waals surface area contributed by atoms with Gasteiger partial charge in [-0.2, -0.15) is 0 Å². The molecule has 1 N–H and O–H groups in total. The van der Waals surface area contributed by atoms with Gasteiger partial charge in [0.05, 0.1) is 5.69 Å². The van der Waals surface area contributed by atoms with Crippen molar-refractivity contribution in [2.45, 2.75) is 39.2 Å². The van der Waals surface area contributed by atoms with Crippen molar-refractivity contribution in [1.29, 1.82) is 0 Å². The van der Waals surface area contributed by atoms with Crippen LogP contribution in [-0.4, -0.2) is 18.0 Å². The first kappa shape index (κ1) is 19.4. The molecule has 0 spiro atoms. The van der Waals surface area contributed by atoms with Crippen LogP contribution >= 0.6 is 11.3 Å². The van der Waals surface area contributed by atoms with E-state index in [2.05, 4.69) is 12.2 Å². The molecule has 0 unspecified atom stereocenters. The third-order valence-electron chi connectivity index (χ3n) is 4.48. The van der Waals surface area contributed by atoms with Crippen LogP contribution in [0.4, 0.5) is 18.9 Å². The van der Waals surface area contributed by atoms with Crippen LogP contribution < -0.4 is 5.32 Å². The number of hydrogen-bond donors (Lipinski definition) is 1. The molecule has 0 saturated carbocycles. The van der Waals surface area contributed by atoms with E-state index in [1.54, 1.807) is 6.07 Å². The Labute approximate surface area is 158 Å². The van der Waals surface area contributed by atoms with Crippen LogP contribution in [0.1, 0.15) is 40.4 Å². The van der Waals surface area contributed by atoms with E-state index in [1.165, 1.54) is 18.3 Å². The SMILES string of the molecule is C[C@@H]1CCc2sc(C(=O)O[C@@H](C)C(=O)Nc3ccc(F)c(F)c3F)cc2C1. The fourth-order valence-electron chi connectivity index (χ4n) is 2.94. The molecule has 1 aliphatic carbocycles. The summed E-state index contributed by atoms with van der Waals surface area (Å²) in [7, 11) is 0. The van der Waals surface area contributed by atoms with Crippen molar-refractivity contribution < 1.29 is 27.5 Å². The first-order valence-electron chi connectivity index (χ1n) is 8.53. The average Bonchev–Trinajstić information content (AvgIpc) is 3.05. The van der Waals surface area contributed by atoms with Crippen LogP contribution in [0.3, 0.4) is 0 Å². The van der Waals surface area contributed by atoms with Crippen LogP contribution in [0, 0.1) is 23.4 Å². The number of fused-ring (bicyclic) bond motifs is 1. The predicted octanol–water partition coefficient (Wildman–Crippen LogP) is 4.47. The summed E-state index contributed by atoms with van der Waals surface area (Å²) >= 11 is 1.35. The monoisotopic (exact) mass is 397 g/mol. The van der Waals surface area contributed by atoms with Crippen LogP contribution in [0.5, 0.6) is 0 Å². The summed E-state index contributed by atoms with van der Waals surface area (Å²) in [6.07, 6.45) is 1.66. The molecule has 144 valence electrons. The van der Waals surface area contributed by atoms with Gasteiger partial charge in [0.1, 0.15) is 4.88 Å². The van der Waals surface area contributed by atoms with E-state index in [1.807, 2.05) is 0 Å². The number of hydrogen-bond acceptors (Lipinski definition) is 4. The van der Waals surface area contributed by atoms with E-state index in [-0.39, 0.29) is 0 Å². The molecule has 8 heteroatoms. The number of nitrogens with one attached hydrogen (secondary N) is 1. The van der Waals surface area contributed by atoms with Crippen molar-refractivity contribution in [2.24, 2.45) is 5.92 Å². The van der Waals surface area contributed by atoms with E-state index >= 15 is 0 Å². The topological polar surface area (TPSA) is 55.4 Å². The number of esters is 1. The fraction of sp³-hybridized carbons (Fsp3) is 0.368. The standard InChI is InChI=1S/C19H18F3NO3S/c1-9-3-6-14-11(7-9)8-15(27-14)19(25)26-10(2)18(24)23-13-5-4-12(20)16(21)17(13)22/h4-5,8-10H,3,6-7H2,1-2H3,(H,23,24)/t9-,10+/m1/s1. The number of ether oxygens (including phenoxy) is 1. The zero-order valence-corrected chi connectivity index (χ0v) is 15.6. The number of rotatable bonds is 4. The van der Waals surface area contributed by atoms with Gasteiger partial charge in [-0.05, 0) is 55.9 Å². The molecule has 2 aromatic rings. The predicted molar refractivity (Wildman–Crippen MR) is 95.3 cm³/mol. The largest absolute Gasteiger partial charge is 0.448 e. The first-order valence-corrected chi connectivity index (χ1v) is 9.34. The van der Waals surface area contributed by atoms with Crippen molar-refractivity contribution in [1.82, 2.24) is 0 Å². The van der Waals surface area contributed by atoms with Gasteiger partial charge >= 0.3 is 5.97 Å². The number of amides is 1. The van der Waals surface area contributed by atoms with E-state index in [0.29, 0.717) is 16.9 Å². The minimum Gasteiger partial charge on any atom is -0.448 e. The van der Waals surface area contributed by atoms with Gasteiger partial charge in [-0.15, -0.1) is 11.3 Å². The minimum absolute atomic E-state index is 0.410. The van der Waals surface area contributed by atoms with Crippen LogP contribution in [-0.2, 0) is 22.4 Å². The minimum atomic E-state index is -1.68. The Morgan fingerprint density at radius 3 is 2.74 bits per heavy atom. The molecule has 1 aliphatic rings. The second-order valence-corrected chi connectivity index (χ2v) is 7.80. The smallest absolute Gasteiger partial charge is 0.349 e. The summed E-state index contributed by atoms with van der Waals surface area (Å²) in [5.41, 5.74) is 0.606. The number of halogens is 3. The average molecular weight is 397 g/mol. The second-order valence-electron chi connectivity index (χ2n) is 6.67. The summed E-state index contributed by atoms with van der Waals surface area (Å²) in [6.45, 7) is 3.48. The van der Waals surface area contributed by atoms with Crippen molar-refractivity contribution in [2.75, 3.05) is 5.32 Å². The lowest BCUT2D eigenvalue weighted by atomic mass is 9.90. The number of thiophene rings is 1. The Bertz CT molecular complexity index is 897. The maximum atomic E-state index is 13.6. The van der Waals surface area contributed by atoms with Gasteiger partial charge in [0, 0.05) is 4.88 Å². The molecule has 0 saturated heterocycles. The Kier molecular flexibility index (Phi) is 5.55. The van der Waals surface area contributed by atoms with Crippen LogP contribution in [0.15, 0.2) is 18.2 Å². The van der Waals surface area contributed by atoms with Crippen molar-refractivity contribution in [3.63, 3.8) is 0 Å². The molecule has 1 heterocycles. The van der Waals surface area contributed by atoms with Gasteiger partial charge in [0.25, 0.3) is 5.91 Å². The fourth-order valence-corrected chi connectivity index (χ4v) is 4.03. The summed E-state index contributed by atoms with van der Waals surface area (Å²) in [4.78, 5) is 26.0. The van der Waals surface area contributed by atoms with E-state index in [4.69, 9.17) is 4.74 Å². The number of carbonyl (C=O) groups excluding carboxylic acids is 2. The second kappa shape index (κ2) is 7.72. The molecular formula is C19H18F3NO3S. The first-order chi connectivity index (χ1) is 12.8. The molecule has 0 fully saturated rings. The van der Waals surface area contributed by atoms with Gasteiger partial charge < -0.3 is 10.1 Å². The van der Waals surface area contributed by atoms with Gasteiger partial charge in [0.2, 0.25) is 0 Å². The molecule has 3 rings (SSSR count). The summed E-state index contributed by atoms with van der Waals surface area (Å²) < 4.78 is 44.9. The molecule has 1 aromatic heterocycles.